The first-order valence-corrected chi connectivity index (χ1v) is 5.81. The maximum absolute atomic E-state index is 5.45. The van der Waals surface area contributed by atoms with Crippen molar-refractivity contribution in [3.8, 4) is 5.88 Å². The molecule has 0 radical (unpaired) electrons. The van der Waals surface area contributed by atoms with Crippen molar-refractivity contribution in [3.05, 3.63) is 12.3 Å². The Balaban J connectivity index is 1.92. The molecule has 1 aliphatic rings. The molecule has 16 heavy (non-hydrogen) atoms. The van der Waals surface area contributed by atoms with Gasteiger partial charge in [-0.05, 0) is 19.4 Å². The molecule has 2 N–H and O–H groups in total. The molecule has 1 aliphatic heterocycles. The smallest absolute Gasteiger partial charge is 0.226 e. The summed E-state index contributed by atoms with van der Waals surface area (Å²) >= 11 is 0. The fourth-order valence-electron chi connectivity index (χ4n) is 1.66. The van der Waals surface area contributed by atoms with Crippen LogP contribution in [0.4, 0.5) is 5.95 Å². The summed E-state index contributed by atoms with van der Waals surface area (Å²) in [5, 5.41) is 6.59. The van der Waals surface area contributed by atoms with Crippen LogP contribution in [0.15, 0.2) is 12.3 Å². The largest absolute Gasteiger partial charge is 0.478 e. The number of aromatic nitrogens is 2. The van der Waals surface area contributed by atoms with Gasteiger partial charge in [0, 0.05) is 24.8 Å². The molecule has 0 spiro atoms. The second-order valence-corrected chi connectivity index (χ2v) is 3.90. The van der Waals surface area contributed by atoms with Gasteiger partial charge < -0.3 is 15.4 Å². The van der Waals surface area contributed by atoms with E-state index >= 15 is 0 Å². The predicted molar refractivity (Wildman–Crippen MR) is 62.7 cm³/mol. The van der Waals surface area contributed by atoms with Gasteiger partial charge in [-0.2, -0.15) is 4.98 Å². The Morgan fingerprint density at radius 1 is 1.62 bits per heavy atom. The van der Waals surface area contributed by atoms with Gasteiger partial charge in [0.25, 0.3) is 0 Å². The van der Waals surface area contributed by atoms with E-state index in [-0.39, 0.29) is 0 Å². The van der Waals surface area contributed by atoms with E-state index in [0.717, 1.165) is 25.9 Å². The molecule has 2 heterocycles. The van der Waals surface area contributed by atoms with E-state index in [9.17, 15) is 0 Å². The Hall–Kier alpha value is -1.36. The molecule has 0 aliphatic carbocycles. The normalized spacial score (nSPS) is 19.7. The fraction of sp³-hybridized carbons (Fsp3) is 0.636. The molecule has 5 nitrogen and oxygen atoms in total. The van der Waals surface area contributed by atoms with Gasteiger partial charge in [0.05, 0.1) is 6.61 Å². The van der Waals surface area contributed by atoms with E-state index < -0.39 is 0 Å². The van der Waals surface area contributed by atoms with E-state index in [1.54, 1.807) is 12.3 Å². The van der Waals surface area contributed by atoms with Gasteiger partial charge in [-0.3, -0.25) is 0 Å². The molecule has 1 aromatic heterocycles. The van der Waals surface area contributed by atoms with Crippen LogP contribution in [-0.2, 0) is 0 Å². The van der Waals surface area contributed by atoms with Crippen LogP contribution >= 0.6 is 0 Å². The van der Waals surface area contributed by atoms with Crippen molar-refractivity contribution in [1.82, 2.24) is 15.3 Å². The number of nitrogens with one attached hydrogen (secondary N) is 2. The van der Waals surface area contributed by atoms with E-state index in [0.29, 0.717) is 24.5 Å². The Kier molecular flexibility index (Phi) is 3.93. The summed E-state index contributed by atoms with van der Waals surface area (Å²) in [7, 11) is 0. The fourth-order valence-corrected chi connectivity index (χ4v) is 1.66. The molecule has 0 bridgehead atoms. The van der Waals surface area contributed by atoms with Gasteiger partial charge >= 0.3 is 0 Å². The zero-order chi connectivity index (χ0) is 11.2. The van der Waals surface area contributed by atoms with Gasteiger partial charge in [0.2, 0.25) is 11.8 Å². The van der Waals surface area contributed by atoms with Crippen LogP contribution in [0.2, 0.25) is 0 Å². The molecule has 1 unspecified atom stereocenters. The average Bonchev–Trinajstić information content (AvgIpc) is 2.80. The van der Waals surface area contributed by atoms with Gasteiger partial charge in [-0.25, -0.2) is 4.98 Å². The number of anilines is 1. The van der Waals surface area contributed by atoms with Crippen molar-refractivity contribution in [2.45, 2.75) is 25.8 Å². The molecule has 1 saturated heterocycles. The molecule has 2 rings (SSSR count). The molecule has 0 saturated carbocycles. The second-order valence-electron chi connectivity index (χ2n) is 3.90. The molecule has 0 amide bonds. The second kappa shape index (κ2) is 5.65. The number of hydrogen-bond donors (Lipinski definition) is 2. The summed E-state index contributed by atoms with van der Waals surface area (Å²) in [6, 6.07) is 2.22. The van der Waals surface area contributed by atoms with Gasteiger partial charge in [-0.1, -0.05) is 6.92 Å². The summed E-state index contributed by atoms with van der Waals surface area (Å²) in [6.45, 7) is 4.80. The molecule has 1 aromatic rings. The first kappa shape index (κ1) is 11.1. The Morgan fingerprint density at radius 2 is 2.56 bits per heavy atom. The standard InChI is InChI=1S/C11H18N4O/c1-2-7-16-10-4-6-13-11(15-10)14-9-3-5-12-8-9/h4,6,9,12H,2-3,5,7-8H2,1H3,(H,13,14,15). The molecule has 5 heteroatoms. The van der Waals surface area contributed by atoms with Crippen LogP contribution in [0.25, 0.3) is 0 Å². The third-order valence-electron chi connectivity index (χ3n) is 2.48. The molecule has 88 valence electrons. The third kappa shape index (κ3) is 3.06. The topological polar surface area (TPSA) is 59.1 Å². The first-order chi connectivity index (χ1) is 7.88. The zero-order valence-electron chi connectivity index (χ0n) is 9.57. The van der Waals surface area contributed by atoms with Crippen molar-refractivity contribution < 1.29 is 4.74 Å². The van der Waals surface area contributed by atoms with Crippen LogP contribution in [0.1, 0.15) is 19.8 Å². The highest BCUT2D eigenvalue weighted by Gasteiger charge is 2.14. The monoisotopic (exact) mass is 222 g/mol. The first-order valence-electron chi connectivity index (χ1n) is 5.81. The molecular formula is C11H18N4O. The maximum atomic E-state index is 5.45. The van der Waals surface area contributed by atoms with Crippen LogP contribution in [0.3, 0.4) is 0 Å². The minimum Gasteiger partial charge on any atom is -0.478 e. The number of rotatable bonds is 5. The quantitative estimate of drug-likeness (QED) is 0.779. The highest BCUT2D eigenvalue weighted by atomic mass is 16.5. The minimum absolute atomic E-state index is 0.432. The average molecular weight is 222 g/mol. The summed E-state index contributed by atoms with van der Waals surface area (Å²) in [5.41, 5.74) is 0. The van der Waals surface area contributed by atoms with Crippen molar-refractivity contribution >= 4 is 5.95 Å². The van der Waals surface area contributed by atoms with Gasteiger partial charge in [-0.15, -0.1) is 0 Å². The van der Waals surface area contributed by atoms with E-state index in [2.05, 4.69) is 27.5 Å². The van der Waals surface area contributed by atoms with Crippen LogP contribution in [-0.4, -0.2) is 35.7 Å². The number of nitrogens with zero attached hydrogens (tertiary/aromatic N) is 2. The summed E-state index contributed by atoms with van der Waals surface area (Å²) in [4.78, 5) is 8.48. The van der Waals surface area contributed by atoms with Crippen LogP contribution in [0, 0.1) is 0 Å². The lowest BCUT2D eigenvalue weighted by atomic mass is 10.3. The SMILES string of the molecule is CCCOc1ccnc(NC2CCNC2)n1. The lowest BCUT2D eigenvalue weighted by molar-refractivity contribution is 0.305. The maximum Gasteiger partial charge on any atom is 0.226 e. The third-order valence-corrected chi connectivity index (χ3v) is 2.48. The van der Waals surface area contributed by atoms with Crippen molar-refractivity contribution in [1.29, 1.82) is 0 Å². The van der Waals surface area contributed by atoms with Crippen molar-refractivity contribution in [2.24, 2.45) is 0 Å². The summed E-state index contributed by atoms with van der Waals surface area (Å²) in [5.74, 6) is 1.30. The summed E-state index contributed by atoms with van der Waals surface area (Å²) in [6.07, 6.45) is 3.82. The molecule has 1 atom stereocenters. The highest BCUT2D eigenvalue weighted by Crippen LogP contribution is 2.11. The van der Waals surface area contributed by atoms with Crippen molar-refractivity contribution in [3.63, 3.8) is 0 Å². The lowest BCUT2D eigenvalue weighted by Gasteiger charge is -2.11. The minimum atomic E-state index is 0.432. The Morgan fingerprint density at radius 3 is 3.31 bits per heavy atom. The lowest BCUT2D eigenvalue weighted by Crippen LogP contribution is -2.23. The van der Waals surface area contributed by atoms with Crippen LogP contribution in [0.5, 0.6) is 5.88 Å². The Bertz CT molecular complexity index is 326. The van der Waals surface area contributed by atoms with Gasteiger partial charge in [0.1, 0.15) is 0 Å². The van der Waals surface area contributed by atoms with E-state index in [1.165, 1.54) is 0 Å². The highest BCUT2D eigenvalue weighted by molar-refractivity contribution is 5.29. The van der Waals surface area contributed by atoms with Crippen molar-refractivity contribution in [2.75, 3.05) is 25.0 Å². The number of ether oxygens (including phenoxy) is 1. The Labute approximate surface area is 95.6 Å². The molecule has 0 aromatic carbocycles. The van der Waals surface area contributed by atoms with Crippen LogP contribution < -0.4 is 15.4 Å². The van der Waals surface area contributed by atoms with E-state index in [4.69, 9.17) is 4.74 Å². The predicted octanol–water partition coefficient (Wildman–Crippen LogP) is 1.04. The molecular weight excluding hydrogens is 204 g/mol. The number of hydrogen-bond acceptors (Lipinski definition) is 5. The van der Waals surface area contributed by atoms with Gasteiger partial charge in [0.15, 0.2) is 0 Å². The zero-order valence-corrected chi connectivity index (χ0v) is 9.57. The molecule has 1 fully saturated rings. The summed E-state index contributed by atoms with van der Waals surface area (Å²) < 4.78 is 5.45. The van der Waals surface area contributed by atoms with E-state index in [1.807, 2.05) is 0 Å².